The molecule has 6 nitrogen and oxygen atoms in total. The number of nitro groups is 1. The first-order chi connectivity index (χ1) is 15.5. The minimum absolute atomic E-state index is 0.0270. The minimum atomic E-state index is -0.474. The number of rotatable bonds is 5. The Balaban J connectivity index is 2.10. The van der Waals surface area contributed by atoms with Gasteiger partial charge in [0.15, 0.2) is 23.1 Å². The van der Waals surface area contributed by atoms with E-state index in [2.05, 4.69) is 26.1 Å². The van der Waals surface area contributed by atoms with Gasteiger partial charge >= 0.3 is 0 Å². The lowest BCUT2D eigenvalue weighted by Crippen LogP contribution is -2.39. The summed E-state index contributed by atoms with van der Waals surface area (Å²) in [6.45, 7) is 10.4. The molecule has 0 saturated heterocycles. The van der Waals surface area contributed by atoms with E-state index in [1.807, 2.05) is 56.6 Å². The number of aromatic nitrogens is 1. The van der Waals surface area contributed by atoms with Gasteiger partial charge in [0.2, 0.25) is 0 Å². The van der Waals surface area contributed by atoms with Crippen molar-refractivity contribution in [1.29, 1.82) is 0 Å². The molecule has 1 heterocycles. The summed E-state index contributed by atoms with van der Waals surface area (Å²) in [5.74, 6) is -0.0822. The van der Waals surface area contributed by atoms with Crippen LogP contribution in [0.4, 0.5) is 11.4 Å². The summed E-state index contributed by atoms with van der Waals surface area (Å²) in [5.41, 5.74) is 4.81. The largest absolute Gasteiger partial charge is 0.502 e. The summed E-state index contributed by atoms with van der Waals surface area (Å²) in [6, 6.07) is 15.7. The zero-order chi connectivity index (χ0) is 24.3. The summed E-state index contributed by atoms with van der Waals surface area (Å²) >= 11 is 5.73. The maximum Gasteiger partial charge on any atom is 0.288 e. The molecule has 0 radical (unpaired) electrons. The summed E-state index contributed by atoms with van der Waals surface area (Å²) in [6.07, 6.45) is 3.71. The smallest absolute Gasteiger partial charge is 0.288 e. The van der Waals surface area contributed by atoms with Crippen molar-refractivity contribution in [3.8, 4) is 0 Å². The van der Waals surface area contributed by atoms with E-state index in [-0.39, 0.29) is 16.9 Å². The van der Waals surface area contributed by atoms with Crippen molar-refractivity contribution in [2.24, 2.45) is 0 Å². The number of aliphatic hydroxyl groups excluding tert-OH is 1. The summed E-state index contributed by atoms with van der Waals surface area (Å²) < 4.78 is 1.76. The van der Waals surface area contributed by atoms with Crippen LogP contribution in [-0.4, -0.2) is 15.0 Å². The molecular formula is C26H28N3O3S+. The van der Waals surface area contributed by atoms with Gasteiger partial charge in [-0.05, 0) is 54.2 Å². The van der Waals surface area contributed by atoms with Gasteiger partial charge < -0.3 is 10.4 Å². The van der Waals surface area contributed by atoms with Crippen LogP contribution in [0.1, 0.15) is 43.0 Å². The van der Waals surface area contributed by atoms with Gasteiger partial charge in [0.05, 0.1) is 4.92 Å². The number of pyridine rings is 1. The van der Waals surface area contributed by atoms with E-state index in [1.165, 1.54) is 24.3 Å². The summed E-state index contributed by atoms with van der Waals surface area (Å²) in [4.78, 5) is 10.9. The van der Waals surface area contributed by atoms with Crippen LogP contribution in [0.15, 0.2) is 67.0 Å². The van der Waals surface area contributed by atoms with E-state index in [4.69, 9.17) is 12.2 Å². The number of thiocarbonyl (C=S) groups is 1. The first-order valence-electron chi connectivity index (χ1n) is 10.6. The highest BCUT2D eigenvalue weighted by atomic mass is 32.1. The third-order valence-corrected chi connectivity index (χ3v) is 5.68. The molecule has 0 saturated carbocycles. The van der Waals surface area contributed by atoms with Crippen LogP contribution in [0.3, 0.4) is 0 Å². The Morgan fingerprint density at radius 2 is 1.64 bits per heavy atom. The molecular weight excluding hydrogens is 434 g/mol. The zero-order valence-corrected chi connectivity index (χ0v) is 20.2. The van der Waals surface area contributed by atoms with Gasteiger partial charge in [-0.3, -0.25) is 10.1 Å². The quantitative estimate of drug-likeness (QED) is 0.119. The molecule has 0 atom stereocenters. The summed E-state index contributed by atoms with van der Waals surface area (Å²) in [7, 11) is 0. The van der Waals surface area contributed by atoms with Gasteiger partial charge in [0.25, 0.3) is 11.4 Å². The molecule has 2 N–H and O–H groups in total. The van der Waals surface area contributed by atoms with E-state index in [0.29, 0.717) is 16.2 Å². The number of nitro benzene ring substituents is 1. The lowest BCUT2D eigenvalue weighted by molar-refractivity contribution is -0.575. The zero-order valence-electron chi connectivity index (χ0n) is 19.4. The normalized spacial score (nSPS) is 12.2. The van der Waals surface area contributed by atoms with Crippen LogP contribution in [-0.2, 0) is 5.41 Å². The van der Waals surface area contributed by atoms with Gasteiger partial charge in [0, 0.05) is 35.5 Å². The molecule has 0 aliphatic carbocycles. The molecule has 33 heavy (non-hydrogen) atoms. The number of aliphatic hydroxyl groups is 1. The first-order valence-corrected chi connectivity index (χ1v) is 11.0. The molecule has 0 fully saturated rings. The molecule has 0 bridgehead atoms. The number of non-ortho nitro benzene ring substituents is 1. The second-order valence-corrected chi connectivity index (χ2v) is 9.43. The SMILES string of the molecule is Cc1ccc(C)c(NC(=S)/C(=C(\O)c2ccc([N+](=O)[O-])cc2)[n+]2ccc(C(C)(C)C)cc2)c1. The molecule has 0 aliphatic rings. The predicted octanol–water partition coefficient (Wildman–Crippen LogP) is 6.12. The van der Waals surface area contributed by atoms with Gasteiger partial charge in [0.1, 0.15) is 0 Å². The molecule has 0 aliphatic heterocycles. The average Bonchev–Trinajstić information content (AvgIpc) is 2.76. The van der Waals surface area contributed by atoms with Crippen molar-refractivity contribution < 1.29 is 14.6 Å². The molecule has 7 heteroatoms. The second-order valence-electron chi connectivity index (χ2n) is 9.02. The van der Waals surface area contributed by atoms with Crippen LogP contribution >= 0.6 is 12.2 Å². The number of aryl methyl sites for hydroxylation is 2. The van der Waals surface area contributed by atoms with Crippen LogP contribution < -0.4 is 9.88 Å². The van der Waals surface area contributed by atoms with Gasteiger partial charge in [-0.15, -0.1) is 0 Å². The van der Waals surface area contributed by atoms with Crippen LogP contribution in [0, 0.1) is 24.0 Å². The number of nitrogens with zero attached hydrogens (tertiary/aromatic N) is 2. The van der Waals surface area contributed by atoms with Crippen molar-refractivity contribution in [2.75, 3.05) is 5.32 Å². The maximum absolute atomic E-state index is 11.2. The fourth-order valence-electron chi connectivity index (χ4n) is 3.35. The van der Waals surface area contributed by atoms with Crippen molar-refractivity contribution in [3.63, 3.8) is 0 Å². The highest BCUT2D eigenvalue weighted by Crippen LogP contribution is 2.24. The average molecular weight is 463 g/mol. The van der Waals surface area contributed by atoms with Crippen LogP contribution in [0.5, 0.6) is 0 Å². The fraction of sp³-hybridized carbons (Fsp3) is 0.231. The Morgan fingerprint density at radius 3 is 2.18 bits per heavy atom. The predicted molar refractivity (Wildman–Crippen MR) is 136 cm³/mol. The minimum Gasteiger partial charge on any atom is -0.502 e. The lowest BCUT2D eigenvalue weighted by atomic mass is 9.88. The van der Waals surface area contributed by atoms with Crippen molar-refractivity contribution in [2.45, 2.75) is 40.0 Å². The highest BCUT2D eigenvalue weighted by Gasteiger charge is 2.26. The molecule has 170 valence electrons. The van der Waals surface area contributed by atoms with E-state index in [9.17, 15) is 15.2 Å². The number of anilines is 1. The van der Waals surface area contributed by atoms with Crippen LogP contribution in [0.25, 0.3) is 11.5 Å². The molecule has 2 aromatic carbocycles. The van der Waals surface area contributed by atoms with Crippen molar-refractivity contribution in [1.82, 2.24) is 0 Å². The Hall–Kier alpha value is -3.58. The Bertz CT molecular complexity index is 1230. The third kappa shape index (κ3) is 5.62. The Kier molecular flexibility index (Phi) is 6.93. The van der Waals surface area contributed by atoms with E-state index in [0.717, 1.165) is 22.4 Å². The van der Waals surface area contributed by atoms with E-state index in [1.54, 1.807) is 4.57 Å². The van der Waals surface area contributed by atoms with Crippen molar-refractivity contribution >= 4 is 40.0 Å². The maximum atomic E-state index is 11.2. The second kappa shape index (κ2) is 9.50. The van der Waals surface area contributed by atoms with Gasteiger partial charge in [-0.1, -0.05) is 45.1 Å². The lowest BCUT2D eigenvalue weighted by Gasteiger charge is -2.18. The molecule has 1 aromatic heterocycles. The Morgan fingerprint density at radius 1 is 1.03 bits per heavy atom. The number of nitrogens with one attached hydrogen (secondary N) is 1. The topological polar surface area (TPSA) is 79.3 Å². The van der Waals surface area contributed by atoms with E-state index < -0.39 is 4.92 Å². The molecule has 3 aromatic rings. The summed E-state index contributed by atoms with van der Waals surface area (Å²) in [5, 5.41) is 25.5. The van der Waals surface area contributed by atoms with Gasteiger partial charge in [-0.25, -0.2) is 0 Å². The third-order valence-electron chi connectivity index (χ3n) is 5.39. The number of hydrogen-bond acceptors (Lipinski definition) is 4. The standard InChI is InChI=1S/C26H27N3O3S/c1-17-6-7-18(2)22(16-17)27-25(33)23(28-14-12-20(13-15-28)26(3,4)5)24(30)19-8-10-21(11-9-19)29(31)32/h6-16H,1-5H3,(H-,27,30,33)/p+1. The monoisotopic (exact) mass is 462 g/mol. The van der Waals surface area contributed by atoms with Crippen LogP contribution in [0.2, 0.25) is 0 Å². The molecule has 0 unspecified atom stereocenters. The molecule has 0 amide bonds. The molecule has 3 rings (SSSR count). The Labute approximate surface area is 199 Å². The number of hydrogen-bond donors (Lipinski definition) is 2. The number of benzene rings is 2. The molecule has 0 spiro atoms. The fourth-order valence-corrected chi connectivity index (χ4v) is 3.66. The first kappa shape index (κ1) is 24.1. The van der Waals surface area contributed by atoms with Gasteiger partial charge in [-0.2, -0.15) is 4.57 Å². The van der Waals surface area contributed by atoms with E-state index >= 15 is 0 Å². The van der Waals surface area contributed by atoms with Crippen molar-refractivity contribution in [3.05, 3.63) is 99.4 Å². The highest BCUT2D eigenvalue weighted by molar-refractivity contribution is 7.81.